The fourth-order valence-electron chi connectivity index (χ4n) is 2.72. The Bertz CT molecular complexity index is 408. The van der Waals surface area contributed by atoms with E-state index in [4.69, 9.17) is 5.11 Å². The Morgan fingerprint density at radius 2 is 2.22 bits per heavy atom. The maximum atomic E-state index is 9.14. The van der Waals surface area contributed by atoms with Gasteiger partial charge in [0.05, 0.1) is 6.61 Å². The first-order valence-corrected chi connectivity index (χ1v) is 6.78. The van der Waals surface area contributed by atoms with E-state index in [0.29, 0.717) is 6.04 Å². The summed E-state index contributed by atoms with van der Waals surface area (Å²) in [6.45, 7) is 4.26. The van der Waals surface area contributed by atoms with Gasteiger partial charge in [-0.2, -0.15) is 0 Å². The van der Waals surface area contributed by atoms with Gasteiger partial charge >= 0.3 is 0 Å². The van der Waals surface area contributed by atoms with Crippen LogP contribution in [0.4, 0.5) is 5.95 Å². The minimum atomic E-state index is 0.0102. The van der Waals surface area contributed by atoms with E-state index in [9.17, 15) is 0 Å². The van der Waals surface area contributed by atoms with E-state index in [2.05, 4.69) is 28.8 Å². The number of aliphatic hydroxyl groups is 1. The summed E-state index contributed by atoms with van der Waals surface area (Å²) >= 11 is 0. The number of aromatic nitrogens is 2. The summed E-state index contributed by atoms with van der Waals surface area (Å²) in [4.78, 5) is 11.1. The molecule has 0 aliphatic heterocycles. The molecule has 1 aliphatic rings. The summed E-state index contributed by atoms with van der Waals surface area (Å²) in [6.07, 6.45) is 6.82. The first-order chi connectivity index (χ1) is 8.61. The zero-order valence-electron chi connectivity index (χ0n) is 11.6. The minimum Gasteiger partial charge on any atom is -0.392 e. The molecular formula is C14H23N3O. The van der Waals surface area contributed by atoms with Crippen molar-refractivity contribution in [3.05, 3.63) is 17.5 Å². The van der Waals surface area contributed by atoms with Gasteiger partial charge in [0, 0.05) is 30.5 Å². The Kier molecular flexibility index (Phi) is 4.17. The van der Waals surface area contributed by atoms with Crippen molar-refractivity contribution >= 4 is 5.95 Å². The number of aliphatic hydroxyl groups excluding tert-OH is 1. The number of aryl methyl sites for hydroxylation is 1. The van der Waals surface area contributed by atoms with Crippen LogP contribution in [0.25, 0.3) is 0 Å². The molecule has 1 fully saturated rings. The van der Waals surface area contributed by atoms with Gasteiger partial charge in [0.2, 0.25) is 5.95 Å². The Hall–Kier alpha value is -1.16. The summed E-state index contributed by atoms with van der Waals surface area (Å²) in [7, 11) is 2.08. The Balaban J connectivity index is 2.12. The molecular weight excluding hydrogens is 226 g/mol. The summed E-state index contributed by atoms with van der Waals surface area (Å²) in [5, 5.41) is 9.14. The van der Waals surface area contributed by atoms with Crippen LogP contribution in [0.15, 0.2) is 6.20 Å². The quantitative estimate of drug-likeness (QED) is 0.893. The van der Waals surface area contributed by atoms with Gasteiger partial charge in [0.1, 0.15) is 0 Å². The normalized spacial score (nSPS) is 24.0. The molecule has 0 amide bonds. The average Bonchev–Trinajstić information content (AvgIpc) is 2.37. The third-order valence-electron chi connectivity index (χ3n) is 4.01. The van der Waals surface area contributed by atoms with Crippen molar-refractivity contribution in [1.82, 2.24) is 9.97 Å². The van der Waals surface area contributed by atoms with Gasteiger partial charge in [0.25, 0.3) is 0 Å². The lowest BCUT2D eigenvalue weighted by molar-refractivity contribution is 0.280. The van der Waals surface area contributed by atoms with Crippen LogP contribution in [0.3, 0.4) is 0 Å². The summed E-state index contributed by atoms with van der Waals surface area (Å²) in [5.41, 5.74) is 1.68. The summed E-state index contributed by atoms with van der Waals surface area (Å²) in [6, 6.07) is 0.549. The second kappa shape index (κ2) is 5.65. The highest BCUT2D eigenvalue weighted by molar-refractivity contribution is 5.33. The van der Waals surface area contributed by atoms with E-state index < -0.39 is 0 Å². The lowest BCUT2D eigenvalue weighted by atomic mass is 9.86. The van der Waals surface area contributed by atoms with Crippen molar-refractivity contribution in [2.75, 3.05) is 11.9 Å². The van der Waals surface area contributed by atoms with Crippen LogP contribution >= 0.6 is 0 Å². The van der Waals surface area contributed by atoms with Gasteiger partial charge < -0.3 is 10.0 Å². The van der Waals surface area contributed by atoms with Gasteiger partial charge in [-0.1, -0.05) is 19.8 Å². The van der Waals surface area contributed by atoms with Crippen LogP contribution in [-0.2, 0) is 6.61 Å². The first kappa shape index (κ1) is 13.3. The minimum absolute atomic E-state index is 0.0102. The number of hydrogen-bond acceptors (Lipinski definition) is 4. The zero-order valence-corrected chi connectivity index (χ0v) is 11.6. The molecule has 2 atom stereocenters. The van der Waals surface area contributed by atoms with E-state index >= 15 is 0 Å². The molecule has 1 aromatic heterocycles. The Morgan fingerprint density at radius 1 is 1.44 bits per heavy atom. The largest absolute Gasteiger partial charge is 0.392 e. The Labute approximate surface area is 109 Å². The highest BCUT2D eigenvalue weighted by Crippen LogP contribution is 2.28. The second-order valence-corrected chi connectivity index (χ2v) is 5.48. The third-order valence-corrected chi connectivity index (χ3v) is 4.01. The monoisotopic (exact) mass is 249 g/mol. The van der Waals surface area contributed by atoms with Crippen LogP contribution in [0.2, 0.25) is 0 Å². The fourth-order valence-corrected chi connectivity index (χ4v) is 2.72. The van der Waals surface area contributed by atoms with Crippen molar-refractivity contribution in [2.45, 2.75) is 52.2 Å². The lowest BCUT2D eigenvalue weighted by Crippen LogP contribution is -2.36. The van der Waals surface area contributed by atoms with Crippen LogP contribution in [0, 0.1) is 12.8 Å². The maximum Gasteiger partial charge on any atom is 0.225 e. The molecule has 2 rings (SSSR count). The molecule has 100 valence electrons. The molecule has 1 N–H and O–H groups in total. The Morgan fingerprint density at radius 3 is 2.83 bits per heavy atom. The van der Waals surface area contributed by atoms with Crippen molar-refractivity contribution < 1.29 is 5.11 Å². The van der Waals surface area contributed by atoms with Crippen molar-refractivity contribution in [3.63, 3.8) is 0 Å². The fraction of sp³-hybridized carbons (Fsp3) is 0.714. The SMILES string of the molecule is Cc1nc(N(C)C2CCCC(C)C2)ncc1CO. The lowest BCUT2D eigenvalue weighted by Gasteiger charge is -2.34. The number of anilines is 1. The van der Waals surface area contributed by atoms with E-state index in [1.54, 1.807) is 6.20 Å². The van der Waals surface area contributed by atoms with Gasteiger partial charge in [-0.25, -0.2) is 9.97 Å². The second-order valence-electron chi connectivity index (χ2n) is 5.48. The highest BCUT2D eigenvalue weighted by atomic mass is 16.3. The van der Waals surface area contributed by atoms with E-state index in [1.165, 1.54) is 25.7 Å². The standard InChI is InChI=1S/C14H23N3O/c1-10-5-4-6-13(7-10)17(3)14-15-8-12(9-18)11(2)16-14/h8,10,13,18H,4-7,9H2,1-3H3. The van der Waals surface area contributed by atoms with Crippen LogP contribution in [-0.4, -0.2) is 28.2 Å². The van der Waals surface area contributed by atoms with E-state index in [0.717, 1.165) is 23.1 Å². The van der Waals surface area contributed by atoms with E-state index in [-0.39, 0.29) is 6.61 Å². The molecule has 4 heteroatoms. The number of nitrogens with zero attached hydrogens (tertiary/aromatic N) is 3. The highest BCUT2D eigenvalue weighted by Gasteiger charge is 2.24. The molecule has 1 saturated carbocycles. The van der Waals surface area contributed by atoms with Crippen LogP contribution in [0.5, 0.6) is 0 Å². The average molecular weight is 249 g/mol. The molecule has 4 nitrogen and oxygen atoms in total. The topological polar surface area (TPSA) is 49.2 Å². The molecule has 18 heavy (non-hydrogen) atoms. The molecule has 1 heterocycles. The number of hydrogen-bond donors (Lipinski definition) is 1. The molecule has 0 spiro atoms. The van der Waals surface area contributed by atoms with Gasteiger partial charge in [-0.05, 0) is 25.7 Å². The maximum absolute atomic E-state index is 9.14. The van der Waals surface area contributed by atoms with Crippen molar-refractivity contribution in [1.29, 1.82) is 0 Å². The molecule has 0 saturated heterocycles. The molecule has 0 radical (unpaired) electrons. The smallest absolute Gasteiger partial charge is 0.225 e. The molecule has 1 aliphatic carbocycles. The first-order valence-electron chi connectivity index (χ1n) is 6.78. The summed E-state index contributed by atoms with van der Waals surface area (Å²) < 4.78 is 0. The predicted molar refractivity (Wildman–Crippen MR) is 72.5 cm³/mol. The van der Waals surface area contributed by atoms with Crippen LogP contribution in [0.1, 0.15) is 43.9 Å². The van der Waals surface area contributed by atoms with Crippen LogP contribution < -0.4 is 4.90 Å². The van der Waals surface area contributed by atoms with Gasteiger partial charge in [-0.15, -0.1) is 0 Å². The van der Waals surface area contributed by atoms with Crippen molar-refractivity contribution in [2.24, 2.45) is 5.92 Å². The third kappa shape index (κ3) is 2.80. The molecule has 2 unspecified atom stereocenters. The molecule has 1 aromatic rings. The molecule has 0 bridgehead atoms. The number of rotatable bonds is 3. The van der Waals surface area contributed by atoms with Gasteiger partial charge in [0.15, 0.2) is 0 Å². The summed E-state index contributed by atoms with van der Waals surface area (Å²) in [5.74, 6) is 1.58. The zero-order chi connectivity index (χ0) is 13.1. The predicted octanol–water partition coefficient (Wildman–Crippen LogP) is 2.29. The van der Waals surface area contributed by atoms with Gasteiger partial charge in [-0.3, -0.25) is 0 Å². The van der Waals surface area contributed by atoms with E-state index in [1.807, 2.05) is 6.92 Å². The molecule has 0 aromatic carbocycles. The van der Waals surface area contributed by atoms with Crippen molar-refractivity contribution in [3.8, 4) is 0 Å².